The normalized spacial score (nSPS) is 15.3. The number of aryl methyl sites for hydroxylation is 2. The van der Waals surface area contributed by atoms with E-state index in [4.69, 9.17) is 17.6 Å². The smallest absolute Gasteiger partial charge is 0.149 e. The number of pyridine rings is 1. The van der Waals surface area contributed by atoms with Crippen molar-refractivity contribution in [2.45, 2.75) is 53.2 Å². The molecule has 3 heterocycles. The van der Waals surface area contributed by atoms with Gasteiger partial charge in [-0.1, -0.05) is 70.2 Å². The number of para-hydroxylation sites is 2. The third kappa shape index (κ3) is 3.28. The summed E-state index contributed by atoms with van der Waals surface area (Å²) in [7, 11) is 0. The Kier molecular flexibility index (Phi) is 3.87. The average molecular weight is 480 g/mol. The second-order valence-electron chi connectivity index (χ2n) is 9.86. The highest BCUT2D eigenvalue weighted by molar-refractivity contribution is 6.11. The van der Waals surface area contributed by atoms with Crippen LogP contribution in [-0.4, -0.2) is 14.5 Å². The largest absolute Gasteiger partial charge is 0.455 e. The van der Waals surface area contributed by atoms with Gasteiger partial charge in [0.2, 0.25) is 0 Å². The first kappa shape index (κ1) is 16.7. The van der Waals surface area contributed by atoms with E-state index in [1.54, 1.807) is 18.2 Å². The van der Waals surface area contributed by atoms with Crippen molar-refractivity contribution in [3.05, 3.63) is 89.2 Å². The highest BCUT2D eigenvalue weighted by Crippen LogP contribution is 2.42. The maximum Gasteiger partial charge on any atom is 0.149 e. The van der Waals surface area contributed by atoms with Crippen molar-refractivity contribution >= 4 is 33.0 Å². The van der Waals surface area contributed by atoms with E-state index in [2.05, 4.69) is 44.8 Å². The number of aromatic nitrogens is 3. The number of hydrogen-bond acceptors (Lipinski definition) is 3. The van der Waals surface area contributed by atoms with Gasteiger partial charge in [0.1, 0.15) is 17.0 Å². The molecule has 4 heteroatoms. The number of rotatable bonds is 4. The Bertz CT molecular complexity index is 1950. The van der Waals surface area contributed by atoms with Crippen molar-refractivity contribution in [2.75, 3.05) is 0 Å². The lowest BCUT2D eigenvalue weighted by atomic mass is 9.92. The SMILES string of the molecule is [2H]C([2H])([2H])c1ccc(-c2nc3ccnc(C([2H])([2H])[2H])c3n2-c2c(C(C)C)cccc2C(C)C)c2oc3ccccc3c12. The molecule has 6 aromatic rings. The molecule has 0 aliphatic rings. The number of nitrogens with zero attached hydrogens (tertiary/aromatic N) is 3. The van der Waals surface area contributed by atoms with E-state index in [1.807, 2.05) is 34.9 Å². The summed E-state index contributed by atoms with van der Waals surface area (Å²) in [5, 5.41) is 1.19. The zero-order chi connectivity index (χ0) is 30.1. The first-order valence-corrected chi connectivity index (χ1v) is 12.2. The van der Waals surface area contributed by atoms with Gasteiger partial charge < -0.3 is 4.42 Å². The molecule has 0 amide bonds. The molecule has 6 rings (SSSR count). The van der Waals surface area contributed by atoms with Gasteiger partial charge in [0.05, 0.1) is 28.0 Å². The van der Waals surface area contributed by atoms with Crippen molar-refractivity contribution in [1.29, 1.82) is 0 Å². The van der Waals surface area contributed by atoms with Crippen LogP contribution in [0.2, 0.25) is 0 Å². The van der Waals surface area contributed by atoms with Crippen LogP contribution in [0.1, 0.15) is 70.1 Å². The molecule has 3 aromatic heterocycles. The molecule has 0 atom stereocenters. The third-order valence-electron chi connectivity index (χ3n) is 6.90. The van der Waals surface area contributed by atoms with Crippen molar-refractivity contribution in [2.24, 2.45) is 0 Å². The van der Waals surface area contributed by atoms with E-state index >= 15 is 0 Å². The number of hydrogen-bond donors (Lipinski definition) is 0. The van der Waals surface area contributed by atoms with Crippen LogP contribution in [0.25, 0.3) is 50.0 Å². The van der Waals surface area contributed by atoms with E-state index in [0.717, 1.165) is 16.8 Å². The topological polar surface area (TPSA) is 43.9 Å². The molecular formula is C32H31N3O. The minimum Gasteiger partial charge on any atom is -0.455 e. The number of furan rings is 1. The Balaban J connectivity index is 1.85. The van der Waals surface area contributed by atoms with Gasteiger partial charge >= 0.3 is 0 Å². The fourth-order valence-corrected chi connectivity index (χ4v) is 5.20. The molecule has 3 aromatic carbocycles. The predicted octanol–water partition coefficient (Wildman–Crippen LogP) is 8.85. The van der Waals surface area contributed by atoms with Crippen molar-refractivity contribution in [1.82, 2.24) is 14.5 Å². The van der Waals surface area contributed by atoms with E-state index in [-0.39, 0.29) is 23.1 Å². The van der Waals surface area contributed by atoms with Crippen LogP contribution in [0, 0.1) is 13.7 Å². The highest BCUT2D eigenvalue weighted by Gasteiger charge is 2.25. The molecule has 180 valence electrons. The van der Waals surface area contributed by atoms with Crippen LogP contribution in [0.3, 0.4) is 0 Å². The summed E-state index contributed by atoms with van der Waals surface area (Å²) in [6.45, 7) is 3.54. The van der Waals surface area contributed by atoms with E-state index in [0.29, 0.717) is 44.4 Å². The minimum atomic E-state index is -2.50. The Labute approximate surface area is 220 Å². The summed E-state index contributed by atoms with van der Waals surface area (Å²) < 4.78 is 58.1. The Morgan fingerprint density at radius 3 is 2.36 bits per heavy atom. The molecule has 0 aliphatic carbocycles. The second kappa shape index (κ2) is 8.34. The van der Waals surface area contributed by atoms with Crippen LogP contribution >= 0.6 is 0 Å². The number of imidazole rings is 1. The summed E-state index contributed by atoms with van der Waals surface area (Å²) in [5.74, 6) is 0.682. The van der Waals surface area contributed by atoms with E-state index < -0.39 is 13.7 Å². The van der Waals surface area contributed by atoms with E-state index in [9.17, 15) is 0 Å². The fourth-order valence-electron chi connectivity index (χ4n) is 5.20. The monoisotopic (exact) mass is 479 g/mol. The van der Waals surface area contributed by atoms with Crippen LogP contribution < -0.4 is 0 Å². The molecule has 36 heavy (non-hydrogen) atoms. The maximum absolute atomic E-state index is 8.35. The van der Waals surface area contributed by atoms with Gasteiger partial charge in [-0.3, -0.25) is 9.55 Å². The lowest BCUT2D eigenvalue weighted by Gasteiger charge is -2.23. The number of fused-ring (bicyclic) bond motifs is 4. The van der Waals surface area contributed by atoms with Crippen molar-refractivity contribution in [3.8, 4) is 17.1 Å². The molecule has 0 unspecified atom stereocenters. The first-order valence-electron chi connectivity index (χ1n) is 15.2. The van der Waals surface area contributed by atoms with Crippen molar-refractivity contribution < 1.29 is 12.6 Å². The molecule has 0 saturated heterocycles. The first-order chi connectivity index (χ1) is 19.8. The van der Waals surface area contributed by atoms with Crippen LogP contribution in [0.5, 0.6) is 0 Å². The second-order valence-corrected chi connectivity index (χ2v) is 9.86. The molecule has 0 N–H and O–H groups in total. The van der Waals surface area contributed by atoms with E-state index in [1.165, 1.54) is 6.20 Å². The standard InChI is InChI=1S/C32H31N3O/c1-18(2)22-11-9-12-23(19(3)4)30(22)35-29-21(6)33-17-16-26(29)34-32(35)25-15-14-20(5)28-24-10-7-8-13-27(24)36-31(25)28/h7-19H,1-6H3/i5D3,6D3. The zero-order valence-electron chi connectivity index (χ0n) is 26.8. The molecule has 0 spiro atoms. The zero-order valence-corrected chi connectivity index (χ0v) is 20.8. The molecule has 0 bridgehead atoms. The van der Waals surface area contributed by atoms with Crippen molar-refractivity contribution in [3.63, 3.8) is 0 Å². The maximum atomic E-state index is 8.35. The lowest BCUT2D eigenvalue weighted by molar-refractivity contribution is 0.669. The van der Waals surface area contributed by atoms with Gasteiger partial charge in [-0.2, -0.15) is 0 Å². The van der Waals surface area contributed by atoms with Gasteiger partial charge in [0.15, 0.2) is 0 Å². The summed E-state index contributed by atoms with van der Waals surface area (Å²) in [6, 6.07) is 18.5. The average Bonchev–Trinajstić information content (AvgIpc) is 3.49. The van der Waals surface area contributed by atoms with Gasteiger partial charge in [0.25, 0.3) is 0 Å². The molecule has 0 fully saturated rings. The van der Waals surface area contributed by atoms with Crippen LogP contribution in [0.15, 0.2) is 71.3 Å². The molecule has 0 aliphatic heterocycles. The van der Waals surface area contributed by atoms with Gasteiger partial charge in [0, 0.05) is 25.2 Å². The summed E-state index contributed by atoms with van der Waals surface area (Å²) in [6.07, 6.45) is 1.47. The molecular weight excluding hydrogens is 442 g/mol. The van der Waals surface area contributed by atoms with Crippen LogP contribution in [-0.2, 0) is 0 Å². The Morgan fingerprint density at radius 2 is 1.64 bits per heavy atom. The highest BCUT2D eigenvalue weighted by atomic mass is 16.3. The summed E-state index contributed by atoms with van der Waals surface area (Å²) >= 11 is 0. The van der Waals surface area contributed by atoms with Gasteiger partial charge in [-0.25, -0.2) is 4.98 Å². The molecule has 0 saturated carbocycles. The van der Waals surface area contributed by atoms with Gasteiger partial charge in [-0.15, -0.1) is 0 Å². The minimum absolute atomic E-state index is 0.0491. The van der Waals surface area contributed by atoms with Crippen LogP contribution in [0.4, 0.5) is 0 Å². The summed E-state index contributed by atoms with van der Waals surface area (Å²) in [4.78, 5) is 9.36. The summed E-state index contributed by atoms with van der Waals surface area (Å²) in [5.41, 5.74) is 5.43. The number of benzene rings is 3. The fraction of sp³-hybridized carbons (Fsp3) is 0.250. The molecule has 0 radical (unpaired) electrons. The Hall–Kier alpha value is -3.92. The third-order valence-corrected chi connectivity index (χ3v) is 6.90. The lowest BCUT2D eigenvalue weighted by Crippen LogP contribution is -2.09. The van der Waals surface area contributed by atoms with Gasteiger partial charge in [-0.05, 0) is 60.4 Å². The molecule has 4 nitrogen and oxygen atoms in total. The Morgan fingerprint density at radius 1 is 0.861 bits per heavy atom. The predicted molar refractivity (Wildman–Crippen MR) is 149 cm³/mol. The quantitative estimate of drug-likeness (QED) is 0.254.